The zero-order chi connectivity index (χ0) is 14.7. The third kappa shape index (κ3) is 3.22. The lowest BCUT2D eigenvalue weighted by molar-refractivity contribution is -0.00900. The molecule has 4 nitrogen and oxygen atoms in total. The lowest BCUT2D eigenvalue weighted by Gasteiger charge is -2.44. The molecule has 2 unspecified atom stereocenters. The van der Waals surface area contributed by atoms with E-state index in [0.29, 0.717) is 12.1 Å². The van der Waals surface area contributed by atoms with Crippen molar-refractivity contribution in [2.24, 2.45) is 0 Å². The summed E-state index contributed by atoms with van der Waals surface area (Å²) >= 11 is 0. The van der Waals surface area contributed by atoms with E-state index in [1.165, 1.54) is 25.7 Å². The maximum atomic E-state index is 9.51. The van der Waals surface area contributed by atoms with Gasteiger partial charge in [0.25, 0.3) is 0 Å². The molecule has 2 heterocycles. The van der Waals surface area contributed by atoms with Crippen molar-refractivity contribution in [1.82, 2.24) is 4.98 Å². The number of ether oxygens (including phenoxy) is 1. The number of fused-ring (bicyclic) bond motifs is 1. The molecule has 0 aromatic carbocycles. The molecule has 2 aliphatic rings. The van der Waals surface area contributed by atoms with Crippen molar-refractivity contribution in [2.45, 2.75) is 64.2 Å². The second kappa shape index (κ2) is 6.75. The smallest absolute Gasteiger partial charge is 0.129 e. The second-order valence-corrected chi connectivity index (χ2v) is 6.19. The molecule has 1 N–H and O–H groups in total. The summed E-state index contributed by atoms with van der Waals surface area (Å²) in [5, 5.41) is 9.51. The first-order valence-electron chi connectivity index (χ1n) is 8.30. The van der Waals surface area contributed by atoms with Crippen molar-refractivity contribution >= 4 is 5.82 Å². The predicted molar refractivity (Wildman–Crippen MR) is 83.5 cm³/mol. The lowest BCUT2D eigenvalue weighted by atomic mass is 9.90. The molecule has 1 aliphatic carbocycles. The van der Waals surface area contributed by atoms with Crippen LogP contribution in [0.1, 0.15) is 50.3 Å². The maximum absolute atomic E-state index is 9.51. The number of aromatic nitrogens is 1. The first-order valence-corrected chi connectivity index (χ1v) is 8.30. The van der Waals surface area contributed by atoms with Crippen molar-refractivity contribution < 1.29 is 9.84 Å². The van der Waals surface area contributed by atoms with Crippen molar-refractivity contribution in [3.05, 3.63) is 23.4 Å². The number of hydrogen-bond donors (Lipinski definition) is 1. The van der Waals surface area contributed by atoms with Gasteiger partial charge in [-0.25, -0.2) is 4.98 Å². The number of morpholine rings is 1. The molecule has 116 valence electrons. The van der Waals surface area contributed by atoms with E-state index in [-0.39, 0.29) is 6.61 Å². The van der Waals surface area contributed by atoms with Gasteiger partial charge in [0, 0.05) is 12.2 Å². The molecule has 1 aromatic heterocycles. The molecule has 3 rings (SSSR count). The van der Waals surface area contributed by atoms with Gasteiger partial charge in [-0.1, -0.05) is 26.2 Å². The third-order valence-electron chi connectivity index (χ3n) is 4.64. The summed E-state index contributed by atoms with van der Waals surface area (Å²) in [4.78, 5) is 7.27. The molecule has 2 fully saturated rings. The largest absolute Gasteiger partial charge is 0.392 e. The van der Waals surface area contributed by atoms with Crippen LogP contribution in [0, 0.1) is 0 Å². The zero-order valence-corrected chi connectivity index (χ0v) is 12.9. The molecule has 0 bridgehead atoms. The van der Waals surface area contributed by atoms with Crippen LogP contribution in [0.2, 0.25) is 0 Å². The Morgan fingerprint density at radius 3 is 3.00 bits per heavy atom. The van der Waals surface area contributed by atoms with Gasteiger partial charge in [-0.2, -0.15) is 0 Å². The summed E-state index contributed by atoms with van der Waals surface area (Å²) < 4.78 is 5.95. The van der Waals surface area contributed by atoms with E-state index >= 15 is 0 Å². The number of nitrogens with zero attached hydrogens (tertiary/aromatic N) is 2. The zero-order valence-electron chi connectivity index (χ0n) is 12.9. The van der Waals surface area contributed by atoms with Crippen LogP contribution in [0.3, 0.4) is 0 Å². The van der Waals surface area contributed by atoms with Crippen LogP contribution < -0.4 is 4.90 Å². The van der Waals surface area contributed by atoms with Gasteiger partial charge in [-0.3, -0.25) is 0 Å². The van der Waals surface area contributed by atoms with Gasteiger partial charge in [0.15, 0.2) is 0 Å². The van der Waals surface area contributed by atoms with Crippen LogP contribution in [-0.4, -0.2) is 35.4 Å². The number of hydrogen-bond acceptors (Lipinski definition) is 4. The highest BCUT2D eigenvalue weighted by atomic mass is 16.5. The minimum atomic E-state index is 0.0880. The Labute approximate surface area is 127 Å². The van der Waals surface area contributed by atoms with Crippen LogP contribution in [-0.2, 0) is 17.8 Å². The summed E-state index contributed by atoms with van der Waals surface area (Å²) in [5.74, 6) is 1.03. The van der Waals surface area contributed by atoms with Crippen LogP contribution in [0.5, 0.6) is 0 Å². The van der Waals surface area contributed by atoms with Crippen molar-refractivity contribution in [2.75, 3.05) is 18.1 Å². The highest BCUT2D eigenvalue weighted by Gasteiger charge is 2.34. The summed E-state index contributed by atoms with van der Waals surface area (Å²) in [6, 6.07) is 4.55. The Hall–Kier alpha value is -1.13. The number of anilines is 1. The summed E-state index contributed by atoms with van der Waals surface area (Å²) in [5.41, 5.74) is 2.07. The topological polar surface area (TPSA) is 45.6 Å². The molecule has 0 radical (unpaired) electrons. The van der Waals surface area contributed by atoms with Gasteiger partial charge in [-0.05, 0) is 37.0 Å². The molecule has 4 heteroatoms. The first-order chi connectivity index (χ1) is 10.3. The van der Waals surface area contributed by atoms with Gasteiger partial charge in [0.1, 0.15) is 5.82 Å². The Morgan fingerprint density at radius 1 is 1.33 bits per heavy atom. The van der Waals surface area contributed by atoms with E-state index in [2.05, 4.69) is 17.9 Å². The van der Waals surface area contributed by atoms with Gasteiger partial charge < -0.3 is 14.7 Å². The van der Waals surface area contributed by atoms with Gasteiger partial charge in [-0.15, -0.1) is 0 Å². The van der Waals surface area contributed by atoms with Gasteiger partial charge in [0.2, 0.25) is 0 Å². The molecule has 0 spiro atoms. The summed E-state index contributed by atoms with van der Waals surface area (Å²) in [6.45, 7) is 3.95. The molecule has 1 saturated heterocycles. The van der Waals surface area contributed by atoms with Crippen LogP contribution >= 0.6 is 0 Å². The van der Waals surface area contributed by atoms with Crippen LogP contribution in [0.25, 0.3) is 0 Å². The van der Waals surface area contributed by atoms with Crippen molar-refractivity contribution in [3.8, 4) is 0 Å². The van der Waals surface area contributed by atoms with Crippen molar-refractivity contribution in [1.29, 1.82) is 0 Å². The van der Waals surface area contributed by atoms with E-state index in [9.17, 15) is 5.11 Å². The quantitative estimate of drug-likeness (QED) is 0.926. The monoisotopic (exact) mass is 290 g/mol. The Kier molecular flexibility index (Phi) is 4.76. The average molecular weight is 290 g/mol. The highest BCUT2D eigenvalue weighted by molar-refractivity contribution is 5.45. The summed E-state index contributed by atoms with van der Waals surface area (Å²) in [6.07, 6.45) is 7.33. The molecule has 1 saturated carbocycles. The Bertz CT molecular complexity index is 476. The predicted octanol–water partition coefficient (Wildman–Crippen LogP) is 2.67. The van der Waals surface area contributed by atoms with Crippen LogP contribution in [0.15, 0.2) is 12.1 Å². The Balaban J connectivity index is 1.88. The molecule has 1 aliphatic heterocycles. The fourth-order valence-corrected chi connectivity index (χ4v) is 3.64. The number of aliphatic hydroxyl groups excluding tert-OH is 1. The van der Waals surface area contributed by atoms with E-state index in [1.54, 1.807) is 0 Å². The fraction of sp³-hybridized carbons (Fsp3) is 0.706. The van der Waals surface area contributed by atoms with Gasteiger partial charge >= 0.3 is 0 Å². The molecule has 21 heavy (non-hydrogen) atoms. The third-order valence-corrected chi connectivity index (χ3v) is 4.64. The molecule has 0 amide bonds. The first kappa shape index (κ1) is 14.8. The molecular formula is C17H26N2O2. The summed E-state index contributed by atoms with van der Waals surface area (Å²) in [7, 11) is 0. The van der Waals surface area contributed by atoms with E-state index in [4.69, 9.17) is 9.72 Å². The average Bonchev–Trinajstić information content (AvgIpc) is 2.54. The van der Waals surface area contributed by atoms with E-state index in [1.807, 2.05) is 6.07 Å². The van der Waals surface area contributed by atoms with E-state index in [0.717, 1.165) is 43.1 Å². The molecule has 1 aromatic rings. The van der Waals surface area contributed by atoms with E-state index < -0.39 is 0 Å². The number of aryl methyl sites for hydroxylation is 1. The minimum absolute atomic E-state index is 0.0880. The number of aliphatic hydroxyl groups is 1. The lowest BCUT2D eigenvalue weighted by Crippen LogP contribution is -2.53. The van der Waals surface area contributed by atoms with Crippen LogP contribution in [0.4, 0.5) is 5.82 Å². The second-order valence-electron chi connectivity index (χ2n) is 6.19. The minimum Gasteiger partial charge on any atom is -0.392 e. The number of rotatable bonds is 4. The Morgan fingerprint density at radius 2 is 2.19 bits per heavy atom. The number of pyridine rings is 1. The standard InChI is InChI=1S/C17H26N2O2/c1-2-5-14-10-13(12-20)11-17(18-14)19-8-9-21-16-7-4-3-6-15(16)19/h10-11,15-16,20H,2-9,12H2,1H3. The molecular weight excluding hydrogens is 264 g/mol. The SMILES string of the molecule is CCCc1cc(CO)cc(N2CCOC3CCCCC32)n1. The maximum Gasteiger partial charge on any atom is 0.129 e. The normalized spacial score (nSPS) is 25.7. The highest BCUT2D eigenvalue weighted by Crippen LogP contribution is 2.31. The van der Waals surface area contributed by atoms with Crippen molar-refractivity contribution in [3.63, 3.8) is 0 Å². The van der Waals surface area contributed by atoms with Gasteiger partial charge in [0.05, 0.1) is 25.4 Å². The fourth-order valence-electron chi connectivity index (χ4n) is 3.64. The molecule has 2 atom stereocenters.